The van der Waals surface area contributed by atoms with Crippen molar-refractivity contribution in [2.24, 2.45) is 0 Å². The summed E-state index contributed by atoms with van der Waals surface area (Å²) in [5.41, 5.74) is -0.599. The van der Waals surface area contributed by atoms with Gasteiger partial charge in [-0.1, -0.05) is 0 Å². The van der Waals surface area contributed by atoms with Crippen LogP contribution in [0, 0.1) is 0 Å². The van der Waals surface area contributed by atoms with Crippen molar-refractivity contribution in [3.8, 4) is 0 Å². The second-order valence-electron chi connectivity index (χ2n) is 6.51. The van der Waals surface area contributed by atoms with Gasteiger partial charge in [0, 0.05) is 31.1 Å². The minimum atomic E-state index is -4.44. The average molecular weight is 400 g/mol. The van der Waals surface area contributed by atoms with Crippen molar-refractivity contribution in [1.29, 1.82) is 0 Å². The Kier molecular flexibility index (Phi) is 7.42. The Morgan fingerprint density at radius 2 is 1.71 bits per heavy atom. The third-order valence-corrected chi connectivity index (χ3v) is 4.47. The Hall–Kier alpha value is -2.58. The lowest BCUT2D eigenvalue weighted by atomic mass is 10.0. The molecule has 2 rings (SSSR count). The fraction of sp³-hybridized carbons (Fsp3) is 0.526. The molecule has 1 aliphatic rings. The molecular weight excluding hydrogens is 377 g/mol. The maximum absolute atomic E-state index is 12.6. The SMILES string of the molecule is CCOC(=O)CCC(=O)NC1CCN(C(=O)c2ccc(C(F)(F)F)cc2)CC1. The molecule has 1 aliphatic heterocycles. The van der Waals surface area contributed by atoms with E-state index in [1.165, 1.54) is 12.1 Å². The number of ether oxygens (including phenoxy) is 1. The van der Waals surface area contributed by atoms with E-state index >= 15 is 0 Å². The molecule has 0 aromatic heterocycles. The summed E-state index contributed by atoms with van der Waals surface area (Å²) in [5.74, 6) is -1.00. The zero-order chi connectivity index (χ0) is 20.7. The van der Waals surface area contributed by atoms with Crippen LogP contribution in [-0.2, 0) is 20.5 Å². The van der Waals surface area contributed by atoms with Crippen molar-refractivity contribution in [1.82, 2.24) is 10.2 Å². The number of rotatable bonds is 6. The number of esters is 1. The molecule has 1 saturated heterocycles. The third-order valence-electron chi connectivity index (χ3n) is 4.47. The van der Waals surface area contributed by atoms with E-state index in [2.05, 4.69) is 5.32 Å². The molecular formula is C19H23F3N2O4. The van der Waals surface area contributed by atoms with Crippen LogP contribution in [0.3, 0.4) is 0 Å². The van der Waals surface area contributed by atoms with Gasteiger partial charge in [-0.15, -0.1) is 0 Å². The van der Waals surface area contributed by atoms with Gasteiger partial charge < -0.3 is 15.0 Å². The molecule has 0 bridgehead atoms. The smallest absolute Gasteiger partial charge is 0.416 e. The van der Waals surface area contributed by atoms with E-state index in [1.54, 1.807) is 11.8 Å². The van der Waals surface area contributed by atoms with Crippen LogP contribution >= 0.6 is 0 Å². The number of carbonyl (C=O) groups excluding carboxylic acids is 3. The average Bonchev–Trinajstić information content (AvgIpc) is 2.66. The summed E-state index contributed by atoms with van der Waals surface area (Å²) in [7, 11) is 0. The van der Waals surface area contributed by atoms with Gasteiger partial charge in [-0.2, -0.15) is 13.2 Å². The molecule has 0 unspecified atom stereocenters. The van der Waals surface area contributed by atoms with Crippen molar-refractivity contribution < 1.29 is 32.3 Å². The standard InChI is InChI=1S/C19H23F3N2O4/c1-2-28-17(26)8-7-16(25)23-15-9-11-24(12-10-15)18(27)13-3-5-14(6-4-13)19(20,21)22/h3-6,15H,2,7-12H2,1H3,(H,23,25). The molecule has 1 aromatic carbocycles. The van der Waals surface area contributed by atoms with Crippen molar-refractivity contribution in [2.45, 2.75) is 44.8 Å². The first-order chi connectivity index (χ1) is 13.2. The van der Waals surface area contributed by atoms with Gasteiger partial charge in [0.25, 0.3) is 5.91 Å². The molecule has 154 valence electrons. The van der Waals surface area contributed by atoms with Crippen molar-refractivity contribution >= 4 is 17.8 Å². The Bertz CT molecular complexity index is 696. The molecule has 1 fully saturated rings. The number of halogens is 3. The predicted octanol–water partition coefficient (Wildman–Crippen LogP) is 2.77. The molecule has 2 amide bonds. The van der Waals surface area contributed by atoms with Crippen molar-refractivity contribution in [3.63, 3.8) is 0 Å². The highest BCUT2D eigenvalue weighted by Gasteiger charge is 2.31. The first-order valence-corrected chi connectivity index (χ1v) is 9.12. The van der Waals surface area contributed by atoms with Gasteiger partial charge in [-0.05, 0) is 44.0 Å². The van der Waals surface area contributed by atoms with Gasteiger partial charge in [0.2, 0.25) is 5.91 Å². The van der Waals surface area contributed by atoms with Gasteiger partial charge in [0.1, 0.15) is 0 Å². The van der Waals surface area contributed by atoms with E-state index in [1.807, 2.05) is 0 Å². The summed E-state index contributed by atoms with van der Waals surface area (Å²) in [6, 6.07) is 4.03. The molecule has 1 heterocycles. The topological polar surface area (TPSA) is 75.7 Å². The molecule has 1 aromatic rings. The number of hydrogen-bond acceptors (Lipinski definition) is 4. The van der Waals surface area contributed by atoms with E-state index in [0.717, 1.165) is 12.1 Å². The van der Waals surface area contributed by atoms with Gasteiger partial charge in [-0.3, -0.25) is 14.4 Å². The number of alkyl halides is 3. The molecule has 0 aliphatic carbocycles. The quantitative estimate of drug-likeness (QED) is 0.745. The van der Waals surface area contributed by atoms with E-state index in [4.69, 9.17) is 4.74 Å². The summed E-state index contributed by atoms with van der Waals surface area (Å²) in [6.07, 6.45) is -3.30. The van der Waals surface area contributed by atoms with E-state index in [9.17, 15) is 27.6 Å². The summed E-state index contributed by atoms with van der Waals surface area (Å²) in [4.78, 5) is 37.1. The highest BCUT2D eigenvalue weighted by Crippen LogP contribution is 2.29. The van der Waals surface area contributed by atoms with Crippen LogP contribution in [0.5, 0.6) is 0 Å². The third kappa shape index (κ3) is 6.24. The highest BCUT2D eigenvalue weighted by molar-refractivity contribution is 5.94. The van der Waals surface area contributed by atoms with Crippen LogP contribution < -0.4 is 5.32 Å². The number of nitrogens with zero attached hydrogens (tertiary/aromatic N) is 1. The fourth-order valence-electron chi connectivity index (χ4n) is 2.96. The normalized spacial score (nSPS) is 15.2. The number of benzene rings is 1. The number of carbonyl (C=O) groups is 3. The largest absolute Gasteiger partial charge is 0.466 e. The Balaban J connectivity index is 1.79. The van der Waals surface area contributed by atoms with Gasteiger partial charge in [-0.25, -0.2) is 0 Å². The van der Waals surface area contributed by atoms with Crippen LogP contribution in [-0.4, -0.2) is 48.4 Å². The summed E-state index contributed by atoms with van der Waals surface area (Å²) < 4.78 is 42.6. The Labute approximate surface area is 161 Å². The first kappa shape index (κ1) is 21.7. The lowest BCUT2D eigenvalue weighted by Gasteiger charge is -2.32. The van der Waals surface area contributed by atoms with Crippen molar-refractivity contribution in [2.75, 3.05) is 19.7 Å². The molecule has 28 heavy (non-hydrogen) atoms. The molecule has 1 N–H and O–H groups in total. The number of likely N-dealkylation sites (tertiary alicyclic amines) is 1. The second kappa shape index (κ2) is 9.57. The Morgan fingerprint density at radius 1 is 1.11 bits per heavy atom. The number of amides is 2. The van der Waals surface area contributed by atoms with E-state index < -0.39 is 17.7 Å². The minimum Gasteiger partial charge on any atom is -0.466 e. The van der Waals surface area contributed by atoms with E-state index in [0.29, 0.717) is 25.9 Å². The molecule has 6 nitrogen and oxygen atoms in total. The summed E-state index contributed by atoms with van der Waals surface area (Å²) >= 11 is 0. The zero-order valence-electron chi connectivity index (χ0n) is 15.6. The minimum absolute atomic E-state index is 0.0188. The molecule has 0 spiro atoms. The lowest BCUT2D eigenvalue weighted by molar-refractivity contribution is -0.144. The molecule has 9 heteroatoms. The predicted molar refractivity (Wildman–Crippen MR) is 94.4 cm³/mol. The fourth-order valence-corrected chi connectivity index (χ4v) is 2.96. The zero-order valence-corrected chi connectivity index (χ0v) is 15.6. The van der Waals surface area contributed by atoms with Crippen LogP contribution in [0.25, 0.3) is 0 Å². The Morgan fingerprint density at radius 3 is 2.25 bits per heavy atom. The summed E-state index contributed by atoms with van der Waals surface area (Å²) in [6.45, 7) is 2.74. The highest BCUT2D eigenvalue weighted by atomic mass is 19.4. The van der Waals surface area contributed by atoms with Crippen LogP contribution in [0.15, 0.2) is 24.3 Å². The molecule has 0 radical (unpaired) electrons. The molecule has 0 saturated carbocycles. The van der Waals surface area contributed by atoms with Gasteiger partial charge >= 0.3 is 12.1 Å². The van der Waals surface area contributed by atoms with Crippen LogP contribution in [0.4, 0.5) is 13.2 Å². The van der Waals surface area contributed by atoms with E-state index in [-0.39, 0.29) is 42.9 Å². The summed E-state index contributed by atoms with van der Waals surface area (Å²) in [5, 5.41) is 2.83. The van der Waals surface area contributed by atoms with Gasteiger partial charge in [0.05, 0.1) is 18.6 Å². The molecule has 0 atom stereocenters. The van der Waals surface area contributed by atoms with Crippen molar-refractivity contribution in [3.05, 3.63) is 35.4 Å². The number of hydrogen-bond donors (Lipinski definition) is 1. The first-order valence-electron chi connectivity index (χ1n) is 9.12. The maximum Gasteiger partial charge on any atom is 0.416 e. The maximum atomic E-state index is 12.6. The van der Waals surface area contributed by atoms with Gasteiger partial charge in [0.15, 0.2) is 0 Å². The second-order valence-corrected chi connectivity index (χ2v) is 6.51. The number of nitrogens with one attached hydrogen (secondary N) is 1. The van der Waals surface area contributed by atoms with Crippen LogP contribution in [0.2, 0.25) is 0 Å². The number of piperidine rings is 1. The monoisotopic (exact) mass is 400 g/mol. The van der Waals surface area contributed by atoms with Crippen LogP contribution in [0.1, 0.15) is 48.5 Å². The lowest BCUT2D eigenvalue weighted by Crippen LogP contribution is -2.46.